The summed E-state index contributed by atoms with van der Waals surface area (Å²) in [7, 11) is 0. The normalized spacial score (nSPS) is 22.5. The smallest absolute Gasteiger partial charge is 0.341 e. The van der Waals surface area contributed by atoms with Crippen molar-refractivity contribution in [3.05, 3.63) is 23.8 Å². The molecule has 0 spiro atoms. The summed E-state index contributed by atoms with van der Waals surface area (Å²) in [6.45, 7) is 4.42. The lowest BCUT2D eigenvalue weighted by Gasteiger charge is -2.27. The van der Waals surface area contributed by atoms with E-state index in [-0.39, 0.29) is 5.97 Å². The van der Waals surface area contributed by atoms with Crippen molar-refractivity contribution in [3.63, 3.8) is 0 Å². The Morgan fingerprint density at radius 2 is 1.85 bits per heavy atom. The van der Waals surface area contributed by atoms with Crippen molar-refractivity contribution < 1.29 is 9.53 Å². The number of esters is 1. The molecule has 1 aliphatic carbocycles. The van der Waals surface area contributed by atoms with Crippen molar-refractivity contribution in [3.8, 4) is 0 Å². The van der Waals surface area contributed by atoms with E-state index >= 15 is 0 Å². The summed E-state index contributed by atoms with van der Waals surface area (Å²) >= 11 is 0. The molecule has 1 aliphatic rings. The molecule has 0 aromatic carbocycles. The summed E-state index contributed by atoms with van der Waals surface area (Å²) < 4.78 is 4.94. The van der Waals surface area contributed by atoms with Crippen molar-refractivity contribution in [2.75, 3.05) is 6.61 Å². The van der Waals surface area contributed by atoms with Crippen LogP contribution < -0.4 is 0 Å². The Balaban J connectivity index is 1.92. The van der Waals surface area contributed by atoms with Crippen LogP contribution in [-0.4, -0.2) is 22.5 Å². The standard InChI is InChI=1S/C16H24N2O2/c1-3-5-12-6-8-13(9-7-12)15-17-10-14(11-18-15)16(19)20-4-2/h10-13H,3-9H2,1-2H3. The van der Waals surface area contributed by atoms with Crippen LogP contribution in [0.2, 0.25) is 0 Å². The van der Waals surface area contributed by atoms with E-state index < -0.39 is 0 Å². The maximum absolute atomic E-state index is 11.5. The first kappa shape index (κ1) is 14.9. The molecular formula is C16H24N2O2. The fourth-order valence-electron chi connectivity index (χ4n) is 2.99. The second-order valence-corrected chi connectivity index (χ2v) is 5.56. The van der Waals surface area contributed by atoms with E-state index in [1.807, 2.05) is 0 Å². The van der Waals surface area contributed by atoms with Crippen LogP contribution >= 0.6 is 0 Å². The third-order valence-electron chi connectivity index (χ3n) is 4.09. The van der Waals surface area contributed by atoms with E-state index in [0.717, 1.165) is 11.7 Å². The van der Waals surface area contributed by atoms with Crippen molar-refractivity contribution in [2.45, 2.75) is 58.3 Å². The number of aromatic nitrogens is 2. The highest BCUT2D eigenvalue weighted by Crippen LogP contribution is 2.35. The lowest BCUT2D eigenvalue weighted by atomic mass is 9.80. The molecule has 1 fully saturated rings. The molecule has 1 saturated carbocycles. The highest BCUT2D eigenvalue weighted by atomic mass is 16.5. The quantitative estimate of drug-likeness (QED) is 0.769. The summed E-state index contributed by atoms with van der Waals surface area (Å²) in [5.74, 6) is 1.88. The monoisotopic (exact) mass is 276 g/mol. The summed E-state index contributed by atoms with van der Waals surface area (Å²) in [4.78, 5) is 20.3. The van der Waals surface area contributed by atoms with Crippen molar-refractivity contribution in [1.29, 1.82) is 0 Å². The SMILES string of the molecule is CCCC1CCC(c2ncc(C(=O)OCC)cn2)CC1. The number of carbonyl (C=O) groups is 1. The first-order chi connectivity index (χ1) is 9.74. The molecule has 1 aromatic rings. The maximum Gasteiger partial charge on any atom is 0.341 e. The van der Waals surface area contributed by atoms with Gasteiger partial charge in [0.05, 0.1) is 12.2 Å². The number of hydrogen-bond donors (Lipinski definition) is 0. The maximum atomic E-state index is 11.5. The van der Waals surface area contributed by atoms with Gasteiger partial charge in [0.2, 0.25) is 0 Å². The molecule has 4 heteroatoms. The minimum atomic E-state index is -0.342. The van der Waals surface area contributed by atoms with Crippen molar-refractivity contribution >= 4 is 5.97 Å². The zero-order valence-electron chi connectivity index (χ0n) is 12.5. The second kappa shape index (κ2) is 7.36. The van der Waals surface area contributed by atoms with Crippen LogP contribution in [0.5, 0.6) is 0 Å². The molecular weight excluding hydrogens is 252 g/mol. The Bertz CT molecular complexity index is 423. The molecule has 0 aliphatic heterocycles. The van der Waals surface area contributed by atoms with Gasteiger partial charge in [0.25, 0.3) is 0 Å². The molecule has 2 rings (SSSR count). The van der Waals surface area contributed by atoms with Crippen LogP contribution in [0, 0.1) is 5.92 Å². The van der Waals surface area contributed by atoms with Gasteiger partial charge in [-0.2, -0.15) is 0 Å². The van der Waals surface area contributed by atoms with Crippen LogP contribution in [0.25, 0.3) is 0 Å². The lowest BCUT2D eigenvalue weighted by Crippen LogP contribution is -2.16. The third-order valence-corrected chi connectivity index (χ3v) is 4.09. The van der Waals surface area contributed by atoms with Crippen molar-refractivity contribution in [2.24, 2.45) is 5.92 Å². The Kier molecular flexibility index (Phi) is 5.50. The van der Waals surface area contributed by atoms with E-state index in [0.29, 0.717) is 18.1 Å². The molecule has 0 saturated heterocycles. The van der Waals surface area contributed by atoms with E-state index in [2.05, 4.69) is 16.9 Å². The minimum Gasteiger partial charge on any atom is -0.462 e. The van der Waals surface area contributed by atoms with Gasteiger partial charge in [0.1, 0.15) is 5.82 Å². The Morgan fingerprint density at radius 3 is 2.40 bits per heavy atom. The second-order valence-electron chi connectivity index (χ2n) is 5.56. The van der Waals surface area contributed by atoms with Gasteiger partial charge < -0.3 is 4.74 Å². The van der Waals surface area contributed by atoms with E-state index in [1.54, 1.807) is 19.3 Å². The van der Waals surface area contributed by atoms with Crippen LogP contribution in [0.1, 0.15) is 74.5 Å². The predicted octanol–water partition coefficient (Wildman–Crippen LogP) is 3.73. The van der Waals surface area contributed by atoms with Gasteiger partial charge in [0.15, 0.2) is 0 Å². The number of ether oxygens (including phenoxy) is 1. The number of nitrogens with zero attached hydrogens (tertiary/aromatic N) is 2. The molecule has 0 bridgehead atoms. The van der Waals surface area contributed by atoms with Crippen molar-refractivity contribution in [1.82, 2.24) is 9.97 Å². The van der Waals surface area contributed by atoms with Gasteiger partial charge in [-0.1, -0.05) is 19.8 Å². The number of carbonyl (C=O) groups excluding carboxylic acids is 1. The third kappa shape index (κ3) is 3.78. The first-order valence-electron chi connectivity index (χ1n) is 7.73. The van der Waals surface area contributed by atoms with Gasteiger partial charge in [-0.05, 0) is 38.5 Å². The Hall–Kier alpha value is -1.45. The average molecular weight is 276 g/mol. The fraction of sp³-hybridized carbons (Fsp3) is 0.688. The van der Waals surface area contributed by atoms with Gasteiger partial charge >= 0.3 is 5.97 Å². The average Bonchev–Trinajstić information content (AvgIpc) is 2.49. The first-order valence-corrected chi connectivity index (χ1v) is 7.73. The molecule has 1 heterocycles. The van der Waals surface area contributed by atoms with Gasteiger partial charge in [-0.15, -0.1) is 0 Å². The topological polar surface area (TPSA) is 52.1 Å². The highest BCUT2D eigenvalue weighted by Gasteiger charge is 2.23. The lowest BCUT2D eigenvalue weighted by molar-refractivity contribution is 0.0525. The fourth-order valence-corrected chi connectivity index (χ4v) is 2.99. The largest absolute Gasteiger partial charge is 0.462 e. The zero-order chi connectivity index (χ0) is 14.4. The van der Waals surface area contributed by atoms with Crippen LogP contribution in [0.15, 0.2) is 12.4 Å². The number of rotatable bonds is 5. The Labute approximate surface area is 121 Å². The molecule has 0 unspecified atom stereocenters. The molecule has 110 valence electrons. The van der Waals surface area contributed by atoms with Gasteiger partial charge in [0, 0.05) is 18.3 Å². The van der Waals surface area contributed by atoms with Crippen LogP contribution in [0.3, 0.4) is 0 Å². The van der Waals surface area contributed by atoms with E-state index in [9.17, 15) is 4.79 Å². The van der Waals surface area contributed by atoms with Crippen LogP contribution in [-0.2, 0) is 4.74 Å². The molecule has 1 aromatic heterocycles. The molecule has 0 N–H and O–H groups in total. The van der Waals surface area contributed by atoms with E-state index in [4.69, 9.17) is 4.74 Å². The summed E-state index contributed by atoms with van der Waals surface area (Å²) in [5, 5.41) is 0. The molecule has 0 radical (unpaired) electrons. The Morgan fingerprint density at radius 1 is 1.20 bits per heavy atom. The molecule has 0 atom stereocenters. The minimum absolute atomic E-state index is 0.342. The number of hydrogen-bond acceptors (Lipinski definition) is 4. The summed E-state index contributed by atoms with van der Waals surface area (Å²) in [6, 6.07) is 0. The zero-order valence-corrected chi connectivity index (χ0v) is 12.5. The van der Waals surface area contributed by atoms with Gasteiger partial charge in [-0.3, -0.25) is 0 Å². The van der Waals surface area contributed by atoms with E-state index in [1.165, 1.54) is 38.5 Å². The van der Waals surface area contributed by atoms with Gasteiger partial charge in [-0.25, -0.2) is 14.8 Å². The predicted molar refractivity (Wildman–Crippen MR) is 77.6 cm³/mol. The summed E-state index contributed by atoms with van der Waals surface area (Å²) in [6.07, 6.45) is 10.7. The molecule has 4 nitrogen and oxygen atoms in total. The highest BCUT2D eigenvalue weighted by molar-refractivity contribution is 5.88. The van der Waals surface area contributed by atoms with Crippen LogP contribution in [0.4, 0.5) is 0 Å². The molecule has 0 amide bonds. The summed E-state index contributed by atoms with van der Waals surface area (Å²) in [5.41, 5.74) is 0.440. The molecule has 20 heavy (non-hydrogen) atoms.